The zero-order valence-electron chi connectivity index (χ0n) is 11.2. The van der Waals surface area contributed by atoms with Gasteiger partial charge in [0, 0.05) is 30.4 Å². The SMILES string of the molecule is COc1cc(-c2ncc3c(n2)CNC3)cc(Cl)c1OC. The Bertz CT molecular complexity index is 661. The van der Waals surface area contributed by atoms with E-state index in [1.165, 1.54) is 0 Å². The van der Waals surface area contributed by atoms with Crippen LogP contribution in [0, 0.1) is 0 Å². The Morgan fingerprint density at radius 3 is 2.80 bits per heavy atom. The number of fused-ring (bicyclic) bond motifs is 1. The van der Waals surface area contributed by atoms with Crippen molar-refractivity contribution in [1.29, 1.82) is 0 Å². The third kappa shape index (κ3) is 2.19. The first kappa shape index (κ1) is 13.1. The Labute approximate surface area is 121 Å². The summed E-state index contributed by atoms with van der Waals surface area (Å²) in [5.41, 5.74) is 2.98. The number of halogens is 1. The molecular formula is C14H14ClN3O2. The largest absolute Gasteiger partial charge is 0.493 e. The molecule has 2 heterocycles. The first-order valence-electron chi connectivity index (χ1n) is 6.20. The molecule has 1 aromatic carbocycles. The highest BCUT2D eigenvalue weighted by atomic mass is 35.5. The van der Waals surface area contributed by atoms with Gasteiger partial charge in [0.15, 0.2) is 17.3 Å². The van der Waals surface area contributed by atoms with Crippen LogP contribution in [0.25, 0.3) is 11.4 Å². The van der Waals surface area contributed by atoms with Crippen molar-refractivity contribution in [3.8, 4) is 22.9 Å². The van der Waals surface area contributed by atoms with Crippen LogP contribution in [-0.2, 0) is 13.1 Å². The quantitative estimate of drug-likeness (QED) is 0.941. The van der Waals surface area contributed by atoms with Gasteiger partial charge in [0.2, 0.25) is 0 Å². The predicted octanol–water partition coefficient (Wildman–Crippen LogP) is 2.42. The van der Waals surface area contributed by atoms with Crippen LogP contribution in [0.2, 0.25) is 5.02 Å². The van der Waals surface area contributed by atoms with Crippen molar-refractivity contribution < 1.29 is 9.47 Å². The number of hydrogen-bond donors (Lipinski definition) is 1. The molecule has 3 rings (SSSR count). The molecule has 0 saturated heterocycles. The predicted molar refractivity (Wildman–Crippen MR) is 76.1 cm³/mol. The Kier molecular flexibility index (Phi) is 3.46. The Balaban J connectivity index is 2.08. The first-order valence-corrected chi connectivity index (χ1v) is 6.58. The maximum Gasteiger partial charge on any atom is 0.179 e. The fourth-order valence-electron chi connectivity index (χ4n) is 2.24. The van der Waals surface area contributed by atoms with E-state index in [4.69, 9.17) is 21.1 Å². The molecular weight excluding hydrogens is 278 g/mol. The second kappa shape index (κ2) is 5.26. The summed E-state index contributed by atoms with van der Waals surface area (Å²) >= 11 is 6.21. The molecule has 20 heavy (non-hydrogen) atoms. The van der Waals surface area contributed by atoms with Gasteiger partial charge in [-0.25, -0.2) is 9.97 Å². The van der Waals surface area contributed by atoms with Crippen LogP contribution in [0.15, 0.2) is 18.3 Å². The van der Waals surface area contributed by atoms with E-state index in [-0.39, 0.29) is 0 Å². The van der Waals surface area contributed by atoms with E-state index in [1.807, 2.05) is 12.3 Å². The number of hydrogen-bond acceptors (Lipinski definition) is 5. The fourth-order valence-corrected chi connectivity index (χ4v) is 2.53. The zero-order chi connectivity index (χ0) is 14.1. The van der Waals surface area contributed by atoms with Crippen molar-refractivity contribution in [2.75, 3.05) is 14.2 Å². The average molecular weight is 292 g/mol. The van der Waals surface area contributed by atoms with Crippen molar-refractivity contribution in [2.24, 2.45) is 0 Å². The second-order valence-electron chi connectivity index (χ2n) is 4.46. The van der Waals surface area contributed by atoms with E-state index in [9.17, 15) is 0 Å². The summed E-state index contributed by atoms with van der Waals surface area (Å²) in [6, 6.07) is 3.61. The van der Waals surface area contributed by atoms with Gasteiger partial charge >= 0.3 is 0 Å². The van der Waals surface area contributed by atoms with Crippen LogP contribution in [0.5, 0.6) is 11.5 Å². The molecule has 2 aromatic rings. The number of benzene rings is 1. The van der Waals surface area contributed by atoms with Crippen LogP contribution in [0.1, 0.15) is 11.3 Å². The molecule has 0 spiro atoms. The molecule has 0 atom stereocenters. The summed E-state index contributed by atoms with van der Waals surface area (Å²) < 4.78 is 10.5. The van der Waals surface area contributed by atoms with E-state index >= 15 is 0 Å². The number of rotatable bonds is 3. The summed E-state index contributed by atoms with van der Waals surface area (Å²) in [6.07, 6.45) is 1.85. The van der Waals surface area contributed by atoms with E-state index in [2.05, 4.69) is 15.3 Å². The van der Waals surface area contributed by atoms with Gasteiger partial charge in [0.05, 0.1) is 24.9 Å². The van der Waals surface area contributed by atoms with Crippen molar-refractivity contribution in [3.05, 3.63) is 34.6 Å². The van der Waals surface area contributed by atoms with Crippen molar-refractivity contribution in [1.82, 2.24) is 15.3 Å². The lowest BCUT2D eigenvalue weighted by Gasteiger charge is -2.11. The number of aromatic nitrogens is 2. The summed E-state index contributed by atoms with van der Waals surface area (Å²) in [6.45, 7) is 1.59. The molecule has 1 aliphatic rings. The van der Waals surface area contributed by atoms with Crippen molar-refractivity contribution in [3.63, 3.8) is 0 Å². The van der Waals surface area contributed by atoms with Gasteiger partial charge in [-0.15, -0.1) is 0 Å². The van der Waals surface area contributed by atoms with Crippen LogP contribution < -0.4 is 14.8 Å². The topological polar surface area (TPSA) is 56.3 Å². The lowest BCUT2D eigenvalue weighted by atomic mass is 10.1. The molecule has 6 heteroatoms. The van der Waals surface area contributed by atoms with Gasteiger partial charge in [-0.3, -0.25) is 0 Å². The molecule has 0 saturated carbocycles. The molecule has 0 amide bonds. The molecule has 0 unspecified atom stereocenters. The number of nitrogens with zero attached hydrogens (tertiary/aromatic N) is 2. The summed E-state index contributed by atoms with van der Waals surface area (Å²) in [4.78, 5) is 8.95. The smallest absolute Gasteiger partial charge is 0.179 e. The third-order valence-corrected chi connectivity index (χ3v) is 3.53. The molecule has 104 valence electrons. The molecule has 5 nitrogen and oxygen atoms in total. The normalized spacial score (nSPS) is 13.2. The summed E-state index contributed by atoms with van der Waals surface area (Å²) in [5.74, 6) is 1.72. The van der Waals surface area contributed by atoms with Gasteiger partial charge in [-0.05, 0) is 12.1 Å². The van der Waals surface area contributed by atoms with Gasteiger partial charge in [0.25, 0.3) is 0 Å². The Hall–Kier alpha value is -1.85. The number of ether oxygens (including phenoxy) is 2. The molecule has 1 aliphatic heterocycles. The van der Waals surface area contributed by atoms with E-state index in [0.29, 0.717) is 22.3 Å². The van der Waals surface area contributed by atoms with Crippen LogP contribution in [-0.4, -0.2) is 24.2 Å². The second-order valence-corrected chi connectivity index (χ2v) is 4.87. The van der Waals surface area contributed by atoms with Gasteiger partial charge in [-0.2, -0.15) is 0 Å². The van der Waals surface area contributed by atoms with Crippen LogP contribution in [0.4, 0.5) is 0 Å². The first-order chi connectivity index (χ1) is 9.72. The minimum absolute atomic E-state index is 0.476. The highest BCUT2D eigenvalue weighted by molar-refractivity contribution is 6.32. The Morgan fingerprint density at radius 2 is 2.05 bits per heavy atom. The molecule has 0 radical (unpaired) electrons. The minimum atomic E-state index is 0.476. The number of nitrogens with one attached hydrogen (secondary N) is 1. The Morgan fingerprint density at radius 1 is 1.20 bits per heavy atom. The molecule has 1 N–H and O–H groups in total. The van der Waals surface area contributed by atoms with Gasteiger partial charge in [-0.1, -0.05) is 11.6 Å². The molecule has 0 fully saturated rings. The third-order valence-electron chi connectivity index (χ3n) is 3.25. The van der Waals surface area contributed by atoms with Crippen molar-refractivity contribution in [2.45, 2.75) is 13.1 Å². The standard InChI is InChI=1S/C14H14ClN3O2/c1-19-12-4-8(3-10(15)13(12)20-2)14-17-6-9-5-16-7-11(9)18-14/h3-4,6,16H,5,7H2,1-2H3. The number of methoxy groups -OCH3 is 2. The lowest BCUT2D eigenvalue weighted by Crippen LogP contribution is -2.00. The van der Waals surface area contributed by atoms with Gasteiger partial charge < -0.3 is 14.8 Å². The van der Waals surface area contributed by atoms with Gasteiger partial charge in [0.1, 0.15) is 0 Å². The van der Waals surface area contributed by atoms with E-state index in [0.717, 1.165) is 29.9 Å². The highest BCUT2D eigenvalue weighted by Gasteiger charge is 2.16. The maximum absolute atomic E-state index is 6.21. The average Bonchev–Trinajstić information content (AvgIpc) is 2.93. The monoisotopic (exact) mass is 291 g/mol. The molecule has 0 aliphatic carbocycles. The maximum atomic E-state index is 6.21. The molecule has 0 bridgehead atoms. The minimum Gasteiger partial charge on any atom is -0.493 e. The van der Waals surface area contributed by atoms with Crippen LogP contribution in [0.3, 0.4) is 0 Å². The zero-order valence-corrected chi connectivity index (χ0v) is 12.0. The van der Waals surface area contributed by atoms with Crippen LogP contribution >= 0.6 is 11.6 Å². The fraction of sp³-hybridized carbons (Fsp3) is 0.286. The van der Waals surface area contributed by atoms with Crippen molar-refractivity contribution >= 4 is 11.6 Å². The molecule has 1 aromatic heterocycles. The van der Waals surface area contributed by atoms with E-state index < -0.39 is 0 Å². The lowest BCUT2D eigenvalue weighted by molar-refractivity contribution is 0.355. The highest BCUT2D eigenvalue weighted by Crippen LogP contribution is 2.38. The van der Waals surface area contributed by atoms with E-state index in [1.54, 1.807) is 20.3 Å². The summed E-state index contributed by atoms with van der Waals surface area (Å²) in [5, 5.41) is 3.72. The summed E-state index contributed by atoms with van der Waals surface area (Å²) in [7, 11) is 3.13.